The van der Waals surface area contributed by atoms with Crippen LogP contribution in [0.2, 0.25) is 0 Å². The highest BCUT2D eigenvalue weighted by Gasteiger charge is 2.39. The summed E-state index contributed by atoms with van der Waals surface area (Å²) in [6.07, 6.45) is 3.69. The van der Waals surface area contributed by atoms with Gasteiger partial charge in [-0.05, 0) is 37.6 Å². The predicted octanol–water partition coefficient (Wildman–Crippen LogP) is 0.547. The lowest BCUT2D eigenvalue weighted by Gasteiger charge is -2.27. The van der Waals surface area contributed by atoms with Gasteiger partial charge in [-0.2, -0.15) is 0 Å². The van der Waals surface area contributed by atoms with Crippen LogP contribution < -0.4 is 5.32 Å². The molecule has 0 radical (unpaired) electrons. The summed E-state index contributed by atoms with van der Waals surface area (Å²) in [5.41, 5.74) is 0. The fourth-order valence-corrected chi connectivity index (χ4v) is 2.46. The molecule has 1 saturated heterocycles. The number of methoxy groups -OCH3 is 1. The Morgan fingerprint density at radius 1 is 1.50 bits per heavy atom. The van der Waals surface area contributed by atoms with Crippen molar-refractivity contribution < 1.29 is 9.53 Å². The van der Waals surface area contributed by atoms with Crippen LogP contribution in [0.5, 0.6) is 0 Å². The SMILES string of the molecule is COC(=O)C1NCC2CCC1C2. The van der Waals surface area contributed by atoms with Gasteiger partial charge in [0.05, 0.1) is 7.11 Å². The van der Waals surface area contributed by atoms with E-state index < -0.39 is 0 Å². The third-order valence-electron chi connectivity index (χ3n) is 3.13. The van der Waals surface area contributed by atoms with Crippen molar-refractivity contribution in [3.05, 3.63) is 0 Å². The Morgan fingerprint density at radius 2 is 2.33 bits per heavy atom. The van der Waals surface area contributed by atoms with Crippen molar-refractivity contribution in [3.63, 3.8) is 0 Å². The van der Waals surface area contributed by atoms with E-state index in [-0.39, 0.29) is 12.0 Å². The molecule has 1 aliphatic heterocycles. The third-order valence-corrected chi connectivity index (χ3v) is 3.13. The van der Waals surface area contributed by atoms with Crippen LogP contribution in [-0.4, -0.2) is 25.7 Å². The van der Waals surface area contributed by atoms with Crippen LogP contribution in [0.1, 0.15) is 19.3 Å². The number of nitrogens with one attached hydrogen (secondary N) is 1. The summed E-state index contributed by atoms with van der Waals surface area (Å²) in [7, 11) is 1.46. The molecule has 0 aromatic rings. The number of carbonyl (C=O) groups is 1. The quantitative estimate of drug-likeness (QED) is 0.582. The van der Waals surface area contributed by atoms with Gasteiger partial charge in [-0.15, -0.1) is 0 Å². The minimum atomic E-state index is -0.0830. The molecule has 3 nitrogen and oxygen atoms in total. The maximum atomic E-state index is 11.3. The Kier molecular flexibility index (Phi) is 2.05. The van der Waals surface area contributed by atoms with Crippen molar-refractivity contribution in [2.45, 2.75) is 25.3 Å². The van der Waals surface area contributed by atoms with E-state index in [1.54, 1.807) is 0 Å². The zero-order chi connectivity index (χ0) is 8.55. The van der Waals surface area contributed by atoms with Gasteiger partial charge in [0, 0.05) is 0 Å². The molecule has 0 aromatic heterocycles. The molecule has 2 fully saturated rings. The lowest BCUT2D eigenvalue weighted by molar-refractivity contribution is -0.145. The van der Waals surface area contributed by atoms with E-state index in [1.807, 2.05) is 0 Å². The third kappa shape index (κ3) is 1.22. The largest absolute Gasteiger partial charge is 0.468 e. The standard InChI is InChI=1S/C9H15NO2/c1-12-9(11)8-7-3-2-6(4-7)5-10-8/h6-8,10H,2-5H2,1H3. The Morgan fingerprint density at radius 3 is 3.08 bits per heavy atom. The Hall–Kier alpha value is -0.570. The van der Waals surface area contributed by atoms with Crippen LogP contribution in [0.3, 0.4) is 0 Å². The molecule has 1 saturated carbocycles. The first kappa shape index (κ1) is 8.05. The number of rotatable bonds is 1. The fraction of sp³-hybridized carbons (Fsp3) is 0.889. The summed E-state index contributed by atoms with van der Waals surface area (Å²) in [6.45, 7) is 0.996. The van der Waals surface area contributed by atoms with Crippen LogP contribution in [0, 0.1) is 11.8 Å². The Balaban J connectivity index is 2.02. The first-order valence-electron chi connectivity index (χ1n) is 4.62. The average Bonchev–Trinajstić information content (AvgIpc) is 2.47. The first-order chi connectivity index (χ1) is 5.81. The van der Waals surface area contributed by atoms with E-state index in [1.165, 1.54) is 26.4 Å². The van der Waals surface area contributed by atoms with Crippen LogP contribution in [0.25, 0.3) is 0 Å². The molecule has 0 spiro atoms. The fourth-order valence-electron chi connectivity index (χ4n) is 2.46. The minimum Gasteiger partial charge on any atom is -0.468 e. The molecule has 1 heterocycles. The molecule has 68 valence electrons. The number of ether oxygens (including phenoxy) is 1. The van der Waals surface area contributed by atoms with E-state index in [2.05, 4.69) is 5.32 Å². The second-order valence-corrected chi connectivity index (χ2v) is 3.85. The van der Waals surface area contributed by atoms with E-state index in [0.29, 0.717) is 5.92 Å². The van der Waals surface area contributed by atoms with Crippen LogP contribution in [0.15, 0.2) is 0 Å². The zero-order valence-corrected chi connectivity index (χ0v) is 7.38. The highest BCUT2D eigenvalue weighted by atomic mass is 16.5. The monoisotopic (exact) mass is 169 g/mol. The molecular weight excluding hydrogens is 154 g/mol. The van der Waals surface area contributed by atoms with Gasteiger partial charge < -0.3 is 10.1 Å². The molecule has 3 atom stereocenters. The van der Waals surface area contributed by atoms with Gasteiger partial charge in [-0.3, -0.25) is 4.79 Å². The van der Waals surface area contributed by atoms with Crippen molar-refractivity contribution in [1.82, 2.24) is 5.32 Å². The van der Waals surface area contributed by atoms with Crippen LogP contribution >= 0.6 is 0 Å². The number of piperidine rings is 1. The van der Waals surface area contributed by atoms with Crippen molar-refractivity contribution in [3.8, 4) is 0 Å². The summed E-state index contributed by atoms with van der Waals surface area (Å²) in [5.74, 6) is 1.27. The summed E-state index contributed by atoms with van der Waals surface area (Å²) >= 11 is 0. The number of hydrogen-bond acceptors (Lipinski definition) is 3. The Bertz CT molecular complexity index is 193. The number of fused-ring (bicyclic) bond motifs is 2. The summed E-state index contributed by atoms with van der Waals surface area (Å²) < 4.78 is 4.74. The highest BCUT2D eigenvalue weighted by molar-refractivity contribution is 5.76. The minimum absolute atomic E-state index is 0.0197. The molecule has 0 aromatic carbocycles. The molecule has 0 amide bonds. The predicted molar refractivity (Wildman–Crippen MR) is 44.6 cm³/mol. The Labute approximate surface area is 72.5 Å². The molecular formula is C9H15NO2. The van der Waals surface area contributed by atoms with Gasteiger partial charge in [-0.1, -0.05) is 0 Å². The summed E-state index contributed by atoms with van der Waals surface area (Å²) in [4.78, 5) is 11.3. The van der Waals surface area contributed by atoms with Crippen molar-refractivity contribution in [1.29, 1.82) is 0 Å². The average molecular weight is 169 g/mol. The number of esters is 1. The molecule has 2 bridgehead atoms. The lowest BCUT2D eigenvalue weighted by Crippen LogP contribution is -2.47. The van der Waals surface area contributed by atoms with Gasteiger partial charge >= 0.3 is 5.97 Å². The van der Waals surface area contributed by atoms with Gasteiger partial charge in [-0.25, -0.2) is 0 Å². The van der Waals surface area contributed by atoms with Crippen molar-refractivity contribution >= 4 is 5.97 Å². The zero-order valence-electron chi connectivity index (χ0n) is 7.38. The van der Waals surface area contributed by atoms with Crippen molar-refractivity contribution in [2.24, 2.45) is 11.8 Å². The van der Waals surface area contributed by atoms with Crippen LogP contribution in [-0.2, 0) is 9.53 Å². The van der Waals surface area contributed by atoms with E-state index >= 15 is 0 Å². The summed E-state index contributed by atoms with van der Waals surface area (Å²) in [5, 5.41) is 3.26. The van der Waals surface area contributed by atoms with Gasteiger partial charge in [0.1, 0.15) is 6.04 Å². The second-order valence-electron chi connectivity index (χ2n) is 3.85. The second kappa shape index (κ2) is 3.05. The van der Waals surface area contributed by atoms with E-state index in [4.69, 9.17) is 4.74 Å². The molecule has 1 aliphatic carbocycles. The van der Waals surface area contributed by atoms with Gasteiger partial charge in [0.25, 0.3) is 0 Å². The molecule has 12 heavy (non-hydrogen) atoms. The van der Waals surface area contributed by atoms with Crippen LogP contribution in [0.4, 0.5) is 0 Å². The van der Waals surface area contributed by atoms with Crippen molar-refractivity contribution in [2.75, 3.05) is 13.7 Å². The molecule has 3 unspecified atom stereocenters. The first-order valence-corrected chi connectivity index (χ1v) is 4.62. The lowest BCUT2D eigenvalue weighted by atomic mass is 9.93. The highest BCUT2D eigenvalue weighted by Crippen LogP contribution is 2.36. The molecule has 2 aliphatic rings. The van der Waals surface area contributed by atoms with E-state index in [9.17, 15) is 4.79 Å². The number of hydrogen-bond donors (Lipinski definition) is 1. The van der Waals surface area contributed by atoms with Gasteiger partial charge in [0.15, 0.2) is 0 Å². The maximum absolute atomic E-state index is 11.3. The normalized spacial score (nSPS) is 39.6. The maximum Gasteiger partial charge on any atom is 0.323 e. The molecule has 3 heteroatoms. The smallest absolute Gasteiger partial charge is 0.323 e. The molecule has 2 rings (SSSR count). The topological polar surface area (TPSA) is 38.3 Å². The molecule has 1 N–H and O–H groups in total. The van der Waals surface area contributed by atoms with E-state index in [0.717, 1.165) is 12.5 Å². The summed E-state index contributed by atoms with van der Waals surface area (Å²) in [6, 6.07) is -0.0197. The van der Waals surface area contributed by atoms with Gasteiger partial charge in [0.2, 0.25) is 0 Å². The number of carbonyl (C=O) groups excluding carboxylic acids is 1.